The SMILES string of the molecule is O=C(NO)c1cc2ccc(S(=O)(=O)Nc3cccnc3N3CCC(F)(F)CC3)cc2o1. The summed E-state index contributed by atoms with van der Waals surface area (Å²) in [5.41, 5.74) is 1.73. The number of sulfonamides is 1. The Bertz CT molecular complexity index is 1240. The van der Waals surface area contributed by atoms with Crippen LogP contribution in [0, 0.1) is 0 Å². The summed E-state index contributed by atoms with van der Waals surface area (Å²) in [6.07, 6.45) is 0.784. The lowest BCUT2D eigenvalue weighted by Gasteiger charge is -2.33. The van der Waals surface area contributed by atoms with Crippen LogP contribution in [0.2, 0.25) is 0 Å². The van der Waals surface area contributed by atoms with Crippen molar-refractivity contribution in [3.63, 3.8) is 0 Å². The van der Waals surface area contributed by atoms with Gasteiger partial charge in [-0.25, -0.2) is 27.7 Å². The lowest BCUT2D eigenvalue weighted by molar-refractivity contribution is -0.0221. The molecule has 0 atom stereocenters. The van der Waals surface area contributed by atoms with E-state index < -0.39 is 21.9 Å². The second-order valence-electron chi connectivity index (χ2n) is 7.07. The van der Waals surface area contributed by atoms with E-state index in [2.05, 4.69) is 9.71 Å². The van der Waals surface area contributed by atoms with E-state index in [0.717, 1.165) is 0 Å². The Kier molecular flexibility index (Phi) is 5.27. The third-order valence-corrected chi connectivity index (χ3v) is 6.32. The van der Waals surface area contributed by atoms with Crippen LogP contribution >= 0.6 is 0 Å². The number of piperidine rings is 1. The standard InChI is InChI=1S/C19H18F2N4O5S/c20-19(21)5-8-25(9-6-19)17-14(2-1-7-22-17)24-31(28,29)13-4-3-12-10-16(18(26)23-27)30-15(12)11-13/h1-4,7,10-11,24,27H,5-6,8-9H2,(H,23,26). The van der Waals surface area contributed by atoms with Crippen molar-refractivity contribution in [2.45, 2.75) is 23.7 Å². The molecule has 0 saturated carbocycles. The maximum Gasteiger partial charge on any atom is 0.310 e. The van der Waals surface area contributed by atoms with Gasteiger partial charge in [-0.05, 0) is 30.3 Å². The summed E-state index contributed by atoms with van der Waals surface area (Å²) >= 11 is 0. The molecule has 0 radical (unpaired) electrons. The minimum absolute atomic E-state index is 0.0484. The van der Waals surface area contributed by atoms with Crippen LogP contribution in [-0.4, -0.2) is 43.5 Å². The molecular weight excluding hydrogens is 434 g/mol. The van der Waals surface area contributed by atoms with Gasteiger partial charge in [-0.1, -0.05) is 0 Å². The molecule has 1 aliphatic rings. The third kappa shape index (κ3) is 4.30. The van der Waals surface area contributed by atoms with Gasteiger partial charge >= 0.3 is 5.91 Å². The fraction of sp³-hybridized carbons (Fsp3) is 0.263. The predicted molar refractivity (Wildman–Crippen MR) is 107 cm³/mol. The number of nitrogens with zero attached hydrogens (tertiary/aromatic N) is 2. The maximum atomic E-state index is 13.5. The molecule has 0 unspecified atom stereocenters. The Labute approximate surface area is 175 Å². The molecule has 1 aromatic carbocycles. The Morgan fingerprint density at radius 2 is 1.94 bits per heavy atom. The van der Waals surface area contributed by atoms with E-state index in [9.17, 15) is 22.0 Å². The van der Waals surface area contributed by atoms with Gasteiger partial charge in [0.15, 0.2) is 11.6 Å². The van der Waals surface area contributed by atoms with Crippen molar-refractivity contribution in [1.82, 2.24) is 10.5 Å². The molecule has 2 aromatic heterocycles. The van der Waals surface area contributed by atoms with Crippen LogP contribution in [0.1, 0.15) is 23.4 Å². The highest BCUT2D eigenvalue weighted by Gasteiger charge is 2.35. The Morgan fingerprint density at radius 1 is 1.19 bits per heavy atom. The number of benzene rings is 1. The zero-order valence-electron chi connectivity index (χ0n) is 16.0. The van der Waals surface area contributed by atoms with Gasteiger partial charge in [0.1, 0.15) is 5.58 Å². The first-order valence-corrected chi connectivity index (χ1v) is 10.8. The molecule has 0 aliphatic carbocycles. The van der Waals surface area contributed by atoms with Crippen LogP contribution < -0.4 is 15.1 Å². The first kappa shape index (κ1) is 21.0. The van der Waals surface area contributed by atoms with Crippen molar-refractivity contribution in [2.75, 3.05) is 22.7 Å². The molecule has 0 bridgehead atoms. The number of hydroxylamine groups is 1. The fourth-order valence-electron chi connectivity index (χ4n) is 3.32. The number of rotatable bonds is 5. The highest BCUT2D eigenvalue weighted by Crippen LogP contribution is 2.33. The number of pyridine rings is 1. The molecule has 3 heterocycles. The number of carbonyl (C=O) groups excluding carboxylic acids is 1. The van der Waals surface area contributed by atoms with Crippen LogP contribution in [0.15, 0.2) is 51.9 Å². The molecule has 1 saturated heterocycles. The average molecular weight is 452 g/mol. The molecule has 3 aromatic rings. The first-order valence-electron chi connectivity index (χ1n) is 9.27. The smallest absolute Gasteiger partial charge is 0.310 e. The predicted octanol–water partition coefficient (Wildman–Crippen LogP) is 2.98. The molecule has 12 heteroatoms. The number of carbonyl (C=O) groups is 1. The number of hydrogen-bond acceptors (Lipinski definition) is 7. The average Bonchev–Trinajstić information content (AvgIpc) is 3.17. The van der Waals surface area contributed by atoms with E-state index in [0.29, 0.717) is 5.39 Å². The lowest BCUT2D eigenvalue weighted by atomic mass is 10.1. The zero-order valence-corrected chi connectivity index (χ0v) is 16.8. The molecule has 4 rings (SSSR count). The van der Waals surface area contributed by atoms with E-state index >= 15 is 0 Å². The number of nitrogens with one attached hydrogen (secondary N) is 2. The minimum atomic E-state index is -4.08. The molecular formula is C19H18F2N4O5S. The van der Waals surface area contributed by atoms with Crippen molar-refractivity contribution >= 4 is 38.4 Å². The normalized spacial score (nSPS) is 16.3. The highest BCUT2D eigenvalue weighted by atomic mass is 32.2. The summed E-state index contributed by atoms with van der Waals surface area (Å²) in [6, 6.07) is 8.42. The van der Waals surface area contributed by atoms with Crippen LogP contribution in [0.4, 0.5) is 20.3 Å². The minimum Gasteiger partial charge on any atom is -0.451 e. The zero-order chi connectivity index (χ0) is 22.2. The van der Waals surface area contributed by atoms with E-state index in [-0.39, 0.29) is 53.7 Å². The lowest BCUT2D eigenvalue weighted by Crippen LogP contribution is -2.40. The number of alkyl halides is 2. The Balaban J connectivity index is 1.62. The summed E-state index contributed by atoms with van der Waals surface area (Å²) < 4.78 is 60.6. The van der Waals surface area contributed by atoms with Gasteiger partial charge in [0, 0.05) is 43.6 Å². The van der Waals surface area contributed by atoms with Crippen molar-refractivity contribution in [1.29, 1.82) is 0 Å². The van der Waals surface area contributed by atoms with E-state index in [1.54, 1.807) is 4.90 Å². The summed E-state index contributed by atoms with van der Waals surface area (Å²) in [4.78, 5) is 17.1. The molecule has 164 valence electrons. The highest BCUT2D eigenvalue weighted by molar-refractivity contribution is 7.92. The third-order valence-electron chi connectivity index (χ3n) is 4.95. The largest absolute Gasteiger partial charge is 0.451 e. The molecule has 9 nitrogen and oxygen atoms in total. The van der Waals surface area contributed by atoms with Gasteiger partial charge in [0.05, 0.1) is 10.6 Å². The van der Waals surface area contributed by atoms with Gasteiger partial charge in [0.25, 0.3) is 15.9 Å². The number of furan rings is 1. The van der Waals surface area contributed by atoms with Crippen LogP contribution in [0.3, 0.4) is 0 Å². The monoisotopic (exact) mass is 452 g/mol. The number of aromatic nitrogens is 1. The van der Waals surface area contributed by atoms with E-state index in [1.165, 1.54) is 48.1 Å². The van der Waals surface area contributed by atoms with Gasteiger partial charge in [0.2, 0.25) is 0 Å². The van der Waals surface area contributed by atoms with Gasteiger partial charge < -0.3 is 9.32 Å². The molecule has 0 spiro atoms. The quantitative estimate of drug-likeness (QED) is 0.401. The van der Waals surface area contributed by atoms with Gasteiger partial charge in [-0.2, -0.15) is 0 Å². The Morgan fingerprint density at radius 3 is 2.65 bits per heavy atom. The van der Waals surface area contributed by atoms with Crippen molar-refractivity contribution in [3.05, 3.63) is 48.4 Å². The summed E-state index contributed by atoms with van der Waals surface area (Å²) in [5.74, 6) is -3.53. The number of anilines is 2. The molecule has 1 fully saturated rings. The van der Waals surface area contributed by atoms with Crippen LogP contribution in [0.25, 0.3) is 11.0 Å². The second-order valence-corrected chi connectivity index (χ2v) is 8.76. The van der Waals surface area contributed by atoms with E-state index in [4.69, 9.17) is 9.62 Å². The topological polar surface area (TPSA) is 125 Å². The van der Waals surface area contributed by atoms with Gasteiger partial charge in [-0.3, -0.25) is 14.7 Å². The van der Waals surface area contributed by atoms with Gasteiger partial charge in [-0.15, -0.1) is 0 Å². The van der Waals surface area contributed by atoms with Crippen LogP contribution in [0.5, 0.6) is 0 Å². The van der Waals surface area contributed by atoms with Crippen LogP contribution in [-0.2, 0) is 10.0 Å². The number of hydrogen-bond donors (Lipinski definition) is 3. The molecule has 1 aliphatic heterocycles. The maximum absolute atomic E-state index is 13.5. The number of amides is 1. The summed E-state index contributed by atoms with van der Waals surface area (Å²) in [7, 11) is -4.08. The second kappa shape index (κ2) is 7.78. The number of halogens is 2. The molecule has 1 amide bonds. The fourth-order valence-corrected chi connectivity index (χ4v) is 4.40. The molecule has 31 heavy (non-hydrogen) atoms. The van der Waals surface area contributed by atoms with Crippen molar-refractivity contribution < 1.29 is 31.6 Å². The van der Waals surface area contributed by atoms with Crippen molar-refractivity contribution in [3.8, 4) is 0 Å². The Hall–Kier alpha value is -3.25. The summed E-state index contributed by atoms with van der Waals surface area (Å²) in [5, 5.41) is 9.17. The molecule has 3 N–H and O–H groups in total. The van der Waals surface area contributed by atoms with Crippen molar-refractivity contribution in [2.24, 2.45) is 0 Å². The van der Waals surface area contributed by atoms with E-state index in [1.807, 2.05) is 0 Å². The number of fused-ring (bicyclic) bond motifs is 1. The summed E-state index contributed by atoms with van der Waals surface area (Å²) in [6.45, 7) is 0.0968. The first-order chi connectivity index (χ1) is 14.7.